The molecule has 118 valence electrons. The summed E-state index contributed by atoms with van der Waals surface area (Å²) in [6, 6.07) is -0.614. The summed E-state index contributed by atoms with van der Waals surface area (Å²) in [5, 5.41) is 0.0281. The van der Waals surface area contributed by atoms with Crippen molar-refractivity contribution < 1.29 is 13.2 Å². The smallest absolute Gasteiger partial charge is 0.262 e. The highest BCUT2D eigenvalue weighted by Gasteiger charge is 2.41. The van der Waals surface area contributed by atoms with E-state index in [1.807, 2.05) is 6.92 Å². The van der Waals surface area contributed by atoms with Crippen molar-refractivity contribution in [1.29, 1.82) is 0 Å². The molecular weight excluding hydrogens is 292 g/mol. The molecule has 1 atom stereocenters. The summed E-state index contributed by atoms with van der Waals surface area (Å²) in [6.07, 6.45) is 2.79. The van der Waals surface area contributed by atoms with Gasteiger partial charge in [0.15, 0.2) is 5.03 Å². The van der Waals surface area contributed by atoms with Crippen LogP contribution in [0.15, 0.2) is 11.2 Å². The quantitative estimate of drug-likeness (QED) is 0.809. The Kier molecular flexibility index (Phi) is 4.38. The second kappa shape index (κ2) is 5.76. The van der Waals surface area contributed by atoms with Gasteiger partial charge in [0.05, 0.1) is 0 Å². The van der Waals surface area contributed by atoms with Gasteiger partial charge in [0.25, 0.3) is 10.0 Å². The molecule has 0 saturated carbocycles. The molecule has 1 aromatic heterocycles. The Balaban J connectivity index is 2.36. The summed E-state index contributed by atoms with van der Waals surface area (Å²) in [4.78, 5) is 17.7. The third-order valence-electron chi connectivity index (χ3n) is 3.80. The van der Waals surface area contributed by atoms with E-state index in [-0.39, 0.29) is 10.9 Å². The largest absolute Gasteiger partial charge is 0.347 e. The standard InChI is InChI=1S/C13H22N4O3S/c1-5-16-9-12(14-10(16)2)21(19,20)17-8-6-7-11(17)13(18)15(3)4/h9,11H,5-8H2,1-4H3. The molecule has 2 heterocycles. The first kappa shape index (κ1) is 16.0. The van der Waals surface area contributed by atoms with E-state index in [2.05, 4.69) is 4.98 Å². The molecule has 2 rings (SSSR count). The number of imidazole rings is 1. The van der Waals surface area contributed by atoms with E-state index in [9.17, 15) is 13.2 Å². The first-order chi connectivity index (χ1) is 9.78. The lowest BCUT2D eigenvalue weighted by molar-refractivity contribution is -0.132. The van der Waals surface area contributed by atoms with E-state index in [1.165, 1.54) is 9.21 Å². The number of nitrogens with zero attached hydrogens (tertiary/aromatic N) is 4. The molecule has 8 heteroatoms. The van der Waals surface area contributed by atoms with Gasteiger partial charge in [-0.1, -0.05) is 0 Å². The topological polar surface area (TPSA) is 75.5 Å². The van der Waals surface area contributed by atoms with Crippen LogP contribution >= 0.6 is 0 Å². The minimum absolute atomic E-state index is 0.0281. The van der Waals surface area contributed by atoms with Gasteiger partial charge in [-0.2, -0.15) is 4.31 Å². The van der Waals surface area contributed by atoms with Crippen molar-refractivity contribution in [2.75, 3.05) is 20.6 Å². The van der Waals surface area contributed by atoms with E-state index in [4.69, 9.17) is 0 Å². The van der Waals surface area contributed by atoms with Gasteiger partial charge in [-0.15, -0.1) is 0 Å². The lowest BCUT2D eigenvalue weighted by atomic mass is 10.2. The second-order valence-corrected chi connectivity index (χ2v) is 7.26. The van der Waals surface area contributed by atoms with Crippen LogP contribution in [0.2, 0.25) is 0 Å². The lowest BCUT2D eigenvalue weighted by Gasteiger charge is -2.24. The van der Waals surface area contributed by atoms with Crippen molar-refractivity contribution >= 4 is 15.9 Å². The van der Waals surface area contributed by atoms with E-state index >= 15 is 0 Å². The van der Waals surface area contributed by atoms with Gasteiger partial charge >= 0.3 is 0 Å². The van der Waals surface area contributed by atoms with Crippen LogP contribution in [-0.4, -0.2) is 59.8 Å². The summed E-state index contributed by atoms with van der Waals surface area (Å²) in [7, 11) is -0.444. The maximum atomic E-state index is 12.7. The van der Waals surface area contributed by atoms with Gasteiger partial charge < -0.3 is 9.47 Å². The molecular formula is C13H22N4O3S. The summed E-state index contributed by atoms with van der Waals surface area (Å²) < 4.78 is 28.5. The van der Waals surface area contributed by atoms with Crippen LogP contribution in [-0.2, 0) is 21.4 Å². The Morgan fingerprint density at radius 2 is 2.14 bits per heavy atom. The average Bonchev–Trinajstić information content (AvgIpc) is 3.04. The molecule has 0 N–H and O–H groups in total. The third-order valence-corrected chi connectivity index (χ3v) is 5.58. The summed E-state index contributed by atoms with van der Waals surface area (Å²) in [5.74, 6) is 0.480. The highest BCUT2D eigenvalue weighted by molar-refractivity contribution is 7.89. The maximum absolute atomic E-state index is 12.7. The first-order valence-corrected chi connectivity index (χ1v) is 8.49. The molecule has 1 amide bonds. The zero-order valence-electron chi connectivity index (χ0n) is 12.9. The molecule has 1 aliphatic heterocycles. The minimum Gasteiger partial charge on any atom is -0.347 e. The van der Waals surface area contributed by atoms with Crippen LogP contribution in [0.5, 0.6) is 0 Å². The number of rotatable bonds is 4. The van der Waals surface area contributed by atoms with Gasteiger partial charge in [-0.05, 0) is 26.7 Å². The second-order valence-electron chi connectivity index (χ2n) is 5.42. The van der Waals surface area contributed by atoms with Crippen LogP contribution in [0.1, 0.15) is 25.6 Å². The number of sulfonamides is 1. The summed E-state index contributed by atoms with van der Waals surface area (Å²) in [6.45, 7) is 4.73. The predicted molar refractivity (Wildman–Crippen MR) is 78.2 cm³/mol. The molecule has 21 heavy (non-hydrogen) atoms. The number of hydrogen-bond donors (Lipinski definition) is 0. The number of amides is 1. The number of aryl methyl sites for hydroxylation is 2. The molecule has 1 aromatic rings. The number of likely N-dealkylation sites (N-methyl/N-ethyl adjacent to an activating group) is 1. The molecule has 0 spiro atoms. The normalized spacial score (nSPS) is 19.9. The van der Waals surface area contributed by atoms with Crippen LogP contribution in [0.4, 0.5) is 0 Å². The predicted octanol–water partition coefficient (Wildman–Crippen LogP) is 0.453. The number of aromatic nitrogens is 2. The van der Waals surface area contributed by atoms with Crippen LogP contribution in [0.3, 0.4) is 0 Å². The molecule has 0 bridgehead atoms. The fourth-order valence-electron chi connectivity index (χ4n) is 2.62. The van der Waals surface area contributed by atoms with Crippen LogP contribution in [0.25, 0.3) is 0 Å². The lowest BCUT2D eigenvalue weighted by Crippen LogP contribution is -2.45. The minimum atomic E-state index is -3.72. The Hall–Kier alpha value is -1.41. The zero-order valence-corrected chi connectivity index (χ0v) is 13.7. The first-order valence-electron chi connectivity index (χ1n) is 7.05. The van der Waals surface area contributed by atoms with Crippen molar-refractivity contribution in [2.24, 2.45) is 0 Å². The molecule has 1 fully saturated rings. The Morgan fingerprint density at radius 1 is 1.48 bits per heavy atom. The Morgan fingerprint density at radius 3 is 2.67 bits per heavy atom. The SMILES string of the molecule is CCn1cc(S(=O)(=O)N2CCCC2C(=O)N(C)C)nc1C. The molecule has 7 nitrogen and oxygen atoms in total. The highest BCUT2D eigenvalue weighted by atomic mass is 32.2. The van der Waals surface area contributed by atoms with E-state index < -0.39 is 16.1 Å². The summed E-state index contributed by atoms with van der Waals surface area (Å²) in [5.41, 5.74) is 0. The van der Waals surface area contributed by atoms with Gasteiger partial charge in [0, 0.05) is 33.4 Å². The van der Waals surface area contributed by atoms with Gasteiger partial charge in [0.2, 0.25) is 5.91 Å². The average molecular weight is 314 g/mol. The van der Waals surface area contributed by atoms with E-state index in [0.29, 0.717) is 31.8 Å². The van der Waals surface area contributed by atoms with Crippen LogP contribution in [0, 0.1) is 6.92 Å². The molecule has 1 aliphatic rings. The number of carbonyl (C=O) groups is 1. The third kappa shape index (κ3) is 2.82. The molecule has 1 saturated heterocycles. The Bertz CT molecular complexity index is 636. The van der Waals surface area contributed by atoms with Crippen molar-refractivity contribution in [2.45, 2.75) is 44.3 Å². The zero-order chi connectivity index (χ0) is 15.8. The fourth-order valence-corrected chi connectivity index (χ4v) is 4.26. The molecule has 0 aliphatic carbocycles. The number of hydrogen-bond acceptors (Lipinski definition) is 4. The fraction of sp³-hybridized carbons (Fsp3) is 0.692. The van der Waals surface area contributed by atoms with Gasteiger partial charge in [0.1, 0.15) is 11.9 Å². The molecule has 0 radical (unpaired) electrons. The van der Waals surface area contributed by atoms with Gasteiger partial charge in [-0.3, -0.25) is 4.79 Å². The monoisotopic (exact) mass is 314 g/mol. The van der Waals surface area contributed by atoms with Gasteiger partial charge in [-0.25, -0.2) is 13.4 Å². The molecule has 1 unspecified atom stereocenters. The van der Waals surface area contributed by atoms with E-state index in [0.717, 1.165) is 0 Å². The van der Waals surface area contributed by atoms with Crippen molar-refractivity contribution in [1.82, 2.24) is 18.8 Å². The Labute approximate surface area is 125 Å². The molecule has 0 aromatic carbocycles. The summed E-state index contributed by atoms with van der Waals surface area (Å²) >= 11 is 0. The number of carbonyl (C=O) groups excluding carboxylic acids is 1. The van der Waals surface area contributed by atoms with Crippen LogP contribution < -0.4 is 0 Å². The highest BCUT2D eigenvalue weighted by Crippen LogP contribution is 2.26. The van der Waals surface area contributed by atoms with Crippen molar-refractivity contribution in [3.05, 3.63) is 12.0 Å². The van der Waals surface area contributed by atoms with E-state index in [1.54, 1.807) is 31.8 Å². The van der Waals surface area contributed by atoms with Crippen molar-refractivity contribution in [3.8, 4) is 0 Å². The van der Waals surface area contributed by atoms with Crippen molar-refractivity contribution in [3.63, 3.8) is 0 Å². The maximum Gasteiger partial charge on any atom is 0.262 e.